The molecule has 0 fully saturated rings. The molecule has 1 atom stereocenters. The van der Waals surface area contributed by atoms with Crippen LogP contribution in [0, 0.1) is 5.41 Å². The van der Waals surface area contributed by atoms with Crippen molar-refractivity contribution in [2.75, 3.05) is 19.8 Å². The van der Waals surface area contributed by atoms with Crippen molar-refractivity contribution in [3.05, 3.63) is 12.7 Å². The van der Waals surface area contributed by atoms with Crippen LogP contribution in [0.3, 0.4) is 0 Å². The highest BCUT2D eigenvalue weighted by atomic mass is 28.4. The van der Waals surface area contributed by atoms with E-state index in [1.165, 1.54) is 0 Å². The maximum Gasteiger partial charge on any atom is 0.314 e. The molecule has 5 heteroatoms. The minimum absolute atomic E-state index is 0.195. The summed E-state index contributed by atoms with van der Waals surface area (Å²) in [6.07, 6.45) is 4.24. The van der Waals surface area contributed by atoms with E-state index in [1.54, 1.807) is 6.08 Å². The predicted molar refractivity (Wildman–Crippen MR) is 112 cm³/mol. The van der Waals surface area contributed by atoms with Gasteiger partial charge < -0.3 is 13.9 Å². The van der Waals surface area contributed by atoms with Gasteiger partial charge in [0.15, 0.2) is 8.32 Å². The van der Waals surface area contributed by atoms with Gasteiger partial charge in [-0.1, -0.05) is 26.8 Å². The van der Waals surface area contributed by atoms with E-state index in [1.807, 2.05) is 27.7 Å². The zero-order valence-electron chi connectivity index (χ0n) is 18.7. The maximum absolute atomic E-state index is 12.7. The second kappa shape index (κ2) is 10.0. The molecule has 0 rings (SSSR count). The van der Waals surface area contributed by atoms with Crippen molar-refractivity contribution < 1.29 is 18.7 Å². The van der Waals surface area contributed by atoms with Crippen LogP contribution in [0.25, 0.3) is 0 Å². The number of hydrogen-bond donors (Lipinski definition) is 0. The first-order valence-corrected chi connectivity index (χ1v) is 12.7. The lowest BCUT2D eigenvalue weighted by Gasteiger charge is -2.42. The molecule has 4 nitrogen and oxygen atoms in total. The minimum Gasteiger partial charge on any atom is -0.465 e. The van der Waals surface area contributed by atoms with E-state index in [4.69, 9.17) is 13.9 Å². The lowest BCUT2D eigenvalue weighted by molar-refractivity contribution is -0.176. The molecular weight excluding hydrogens is 344 g/mol. The molecule has 0 N–H and O–H groups in total. The predicted octanol–water partition coefficient (Wildman–Crippen LogP) is 5.73. The third kappa shape index (κ3) is 6.82. The highest BCUT2D eigenvalue weighted by molar-refractivity contribution is 6.74. The zero-order chi connectivity index (χ0) is 20.6. The van der Waals surface area contributed by atoms with E-state index in [2.05, 4.69) is 40.4 Å². The monoisotopic (exact) mass is 386 g/mol. The highest BCUT2D eigenvalue weighted by Crippen LogP contribution is 2.41. The quantitative estimate of drug-likeness (QED) is 0.186. The smallest absolute Gasteiger partial charge is 0.314 e. The van der Waals surface area contributed by atoms with Crippen LogP contribution in [0.4, 0.5) is 0 Å². The van der Waals surface area contributed by atoms with Gasteiger partial charge in [0, 0.05) is 6.61 Å². The Kier molecular flexibility index (Phi) is 9.79. The highest BCUT2D eigenvalue weighted by Gasteiger charge is 2.48. The Morgan fingerprint density at radius 2 is 1.65 bits per heavy atom. The number of carbonyl (C=O) groups is 1. The van der Waals surface area contributed by atoms with Gasteiger partial charge in [-0.25, -0.2) is 0 Å². The van der Waals surface area contributed by atoms with E-state index >= 15 is 0 Å². The zero-order valence-corrected chi connectivity index (χ0v) is 19.7. The van der Waals surface area contributed by atoms with Gasteiger partial charge in [0.1, 0.15) is 0 Å². The second-order valence-corrected chi connectivity index (χ2v) is 14.0. The molecule has 0 aliphatic carbocycles. The molecule has 0 spiro atoms. The molecule has 154 valence electrons. The molecule has 0 heterocycles. The second-order valence-electron chi connectivity index (χ2n) is 9.23. The van der Waals surface area contributed by atoms with Gasteiger partial charge in [-0.2, -0.15) is 0 Å². The van der Waals surface area contributed by atoms with Crippen LogP contribution in [0.5, 0.6) is 0 Å². The number of esters is 1. The van der Waals surface area contributed by atoms with Gasteiger partial charge in [-0.15, -0.1) is 6.58 Å². The summed E-state index contributed by atoms with van der Waals surface area (Å²) in [5, 5.41) is 0.215. The number of unbranched alkanes of at least 4 members (excludes halogenated alkanes) is 1. The van der Waals surface area contributed by atoms with Crippen molar-refractivity contribution in [3.8, 4) is 0 Å². The summed E-state index contributed by atoms with van der Waals surface area (Å²) in [7, 11) is -1.72. The Morgan fingerprint density at radius 1 is 1.08 bits per heavy atom. The first-order chi connectivity index (χ1) is 11.7. The van der Waals surface area contributed by atoms with Crippen LogP contribution in [-0.2, 0) is 18.7 Å². The third-order valence-corrected chi connectivity index (χ3v) is 10.5. The van der Waals surface area contributed by atoms with Crippen LogP contribution in [-0.4, -0.2) is 39.7 Å². The number of hydrogen-bond acceptors (Lipinski definition) is 4. The molecule has 0 saturated heterocycles. The van der Waals surface area contributed by atoms with Crippen molar-refractivity contribution in [1.29, 1.82) is 0 Å². The summed E-state index contributed by atoms with van der Waals surface area (Å²) in [6.45, 7) is 24.2. The molecule has 26 heavy (non-hydrogen) atoms. The molecule has 0 aliphatic heterocycles. The summed E-state index contributed by atoms with van der Waals surface area (Å²) >= 11 is 0. The standard InChI is InChI=1S/C21H42O4Si/c1-11-16-24-20(6,7)21(8,18(22)23-12-2)15-13-14-17-25-26(9,10)19(3,4)5/h11H,1,12-17H2,2-10H3. The number of rotatable bonds is 12. The average Bonchev–Trinajstić information content (AvgIpc) is 2.51. The average molecular weight is 387 g/mol. The third-order valence-electron chi connectivity index (χ3n) is 5.96. The summed E-state index contributed by atoms with van der Waals surface area (Å²) in [4.78, 5) is 12.7. The summed E-state index contributed by atoms with van der Waals surface area (Å²) in [6, 6.07) is 0. The molecule has 0 radical (unpaired) electrons. The van der Waals surface area contributed by atoms with Crippen molar-refractivity contribution in [3.63, 3.8) is 0 Å². The lowest BCUT2D eigenvalue weighted by Crippen LogP contribution is -2.50. The fraction of sp³-hybridized carbons (Fsp3) is 0.857. The van der Waals surface area contributed by atoms with Gasteiger partial charge in [0.25, 0.3) is 0 Å². The minimum atomic E-state index is -1.72. The molecule has 1 unspecified atom stereocenters. The molecule has 0 saturated carbocycles. The summed E-state index contributed by atoms with van der Waals surface area (Å²) < 4.78 is 17.5. The Bertz CT molecular complexity index is 451. The first-order valence-electron chi connectivity index (χ1n) is 9.81. The normalized spacial score (nSPS) is 15.4. The first kappa shape index (κ1) is 25.3. The molecule has 0 aromatic rings. The van der Waals surface area contributed by atoms with Gasteiger partial charge >= 0.3 is 5.97 Å². The lowest BCUT2D eigenvalue weighted by atomic mass is 9.71. The van der Waals surface area contributed by atoms with Crippen molar-refractivity contribution in [2.24, 2.45) is 5.41 Å². The molecule has 0 amide bonds. The van der Waals surface area contributed by atoms with E-state index in [0.717, 1.165) is 19.4 Å². The van der Waals surface area contributed by atoms with Crippen LogP contribution >= 0.6 is 0 Å². The van der Waals surface area contributed by atoms with E-state index < -0.39 is 19.3 Å². The van der Waals surface area contributed by atoms with E-state index in [9.17, 15) is 4.79 Å². The maximum atomic E-state index is 12.7. The summed E-state index contributed by atoms with van der Waals surface area (Å²) in [5.74, 6) is -0.195. The Morgan fingerprint density at radius 3 is 2.12 bits per heavy atom. The fourth-order valence-corrected chi connectivity index (χ4v) is 3.58. The van der Waals surface area contributed by atoms with Crippen molar-refractivity contribution in [1.82, 2.24) is 0 Å². The van der Waals surface area contributed by atoms with Gasteiger partial charge in [-0.05, 0) is 65.1 Å². The fourth-order valence-electron chi connectivity index (χ4n) is 2.49. The Hall–Kier alpha value is -0.653. The molecular formula is C21H42O4Si. The van der Waals surface area contributed by atoms with E-state index in [-0.39, 0.29) is 11.0 Å². The molecule has 0 aromatic heterocycles. The van der Waals surface area contributed by atoms with Gasteiger partial charge in [0.2, 0.25) is 0 Å². The van der Waals surface area contributed by atoms with Crippen LogP contribution in [0.1, 0.15) is 67.7 Å². The van der Waals surface area contributed by atoms with Gasteiger partial charge in [0.05, 0.1) is 24.2 Å². The van der Waals surface area contributed by atoms with E-state index in [0.29, 0.717) is 19.6 Å². The van der Waals surface area contributed by atoms with Crippen LogP contribution in [0.2, 0.25) is 18.1 Å². The van der Waals surface area contributed by atoms with Crippen LogP contribution in [0.15, 0.2) is 12.7 Å². The number of carbonyl (C=O) groups excluding carboxylic acids is 1. The topological polar surface area (TPSA) is 44.8 Å². The molecule has 0 aromatic carbocycles. The Balaban J connectivity index is 4.86. The Labute approximate surface area is 162 Å². The van der Waals surface area contributed by atoms with Crippen molar-refractivity contribution in [2.45, 2.75) is 91.5 Å². The number of ether oxygens (including phenoxy) is 2. The molecule has 0 bridgehead atoms. The van der Waals surface area contributed by atoms with Gasteiger partial charge in [-0.3, -0.25) is 4.79 Å². The largest absolute Gasteiger partial charge is 0.465 e. The SMILES string of the molecule is C=CCOC(C)(C)C(C)(CCCCO[Si](C)(C)C(C)(C)C)C(=O)OCC. The van der Waals surface area contributed by atoms with Crippen molar-refractivity contribution >= 4 is 14.3 Å². The molecule has 0 aliphatic rings. The summed E-state index contributed by atoms with van der Waals surface area (Å²) in [5.41, 5.74) is -1.34. The van der Waals surface area contributed by atoms with Crippen LogP contribution < -0.4 is 0 Å².